The number of carboxylic acid groups (broad SMARTS) is 1. The lowest BCUT2D eigenvalue weighted by Gasteiger charge is -2.47. The van der Waals surface area contributed by atoms with Gasteiger partial charge in [-0.05, 0) is 73.5 Å². The van der Waals surface area contributed by atoms with Crippen molar-refractivity contribution < 1.29 is 14.7 Å². The van der Waals surface area contributed by atoms with Crippen LogP contribution in [-0.2, 0) is 4.79 Å². The maximum Gasteiger partial charge on any atom is 0.335 e. The number of hydrogen-bond acceptors (Lipinski definition) is 3. The molecular weight excluding hydrogens is 424 g/mol. The normalized spacial score (nSPS) is 26.5. The molecule has 1 atom stereocenters. The van der Waals surface area contributed by atoms with Gasteiger partial charge in [-0.15, -0.1) is 0 Å². The van der Waals surface area contributed by atoms with Crippen LogP contribution >= 0.6 is 0 Å². The highest BCUT2D eigenvalue weighted by Crippen LogP contribution is 2.50. The Morgan fingerprint density at radius 2 is 1.79 bits per heavy atom. The topological polar surface area (TPSA) is 70.0 Å². The molecule has 0 radical (unpaired) electrons. The Kier molecular flexibility index (Phi) is 7.21. The number of hydrogen-bond donors (Lipinski definition) is 1. The molecule has 1 spiro atoms. The second-order valence-corrected chi connectivity index (χ2v) is 11.9. The van der Waals surface area contributed by atoms with Crippen molar-refractivity contribution >= 4 is 17.6 Å². The molecule has 1 amide bonds. The van der Waals surface area contributed by atoms with E-state index in [9.17, 15) is 14.7 Å². The molecule has 2 saturated carbocycles. The van der Waals surface area contributed by atoms with E-state index in [4.69, 9.17) is 4.99 Å². The summed E-state index contributed by atoms with van der Waals surface area (Å²) in [5, 5.41) is 9.36. The molecule has 2 fully saturated rings. The third-order valence-electron chi connectivity index (χ3n) is 8.66. The summed E-state index contributed by atoms with van der Waals surface area (Å²) in [4.78, 5) is 32.8. The number of amides is 1. The first-order valence-corrected chi connectivity index (χ1v) is 13.4. The number of rotatable bonds is 8. The number of benzene rings is 1. The van der Waals surface area contributed by atoms with Crippen molar-refractivity contribution in [3.05, 3.63) is 35.4 Å². The number of aliphatic imine (C=N–C) groups is 1. The molecule has 34 heavy (non-hydrogen) atoms. The number of nitrogens with zero attached hydrogens (tertiary/aromatic N) is 2. The molecule has 2 aliphatic carbocycles. The van der Waals surface area contributed by atoms with E-state index in [-0.39, 0.29) is 22.9 Å². The molecule has 0 aromatic heterocycles. The van der Waals surface area contributed by atoms with Crippen molar-refractivity contribution in [1.29, 1.82) is 0 Å². The number of carboxylic acids is 1. The van der Waals surface area contributed by atoms with Gasteiger partial charge in [0, 0.05) is 0 Å². The van der Waals surface area contributed by atoms with Crippen LogP contribution in [0.1, 0.15) is 120 Å². The largest absolute Gasteiger partial charge is 0.478 e. The molecule has 5 nitrogen and oxygen atoms in total. The van der Waals surface area contributed by atoms with Crippen LogP contribution in [0.2, 0.25) is 0 Å². The van der Waals surface area contributed by atoms with Crippen molar-refractivity contribution in [2.45, 2.75) is 110 Å². The van der Waals surface area contributed by atoms with Crippen LogP contribution in [0.25, 0.3) is 0 Å². The van der Waals surface area contributed by atoms with Gasteiger partial charge in [0.05, 0.1) is 11.6 Å². The van der Waals surface area contributed by atoms with Gasteiger partial charge in [0.2, 0.25) is 0 Å². The van der Waals surface area contributed by atoms with Gasteiger partial charge in [0.25, 0.3) is 5.91 Å². The summed E-state index contributed by atoms with van der Waals surface area (Å²) < 4.78 is 0. The number of carbonyl (C=O) groups is 2. The van der Waals surface area contributed by atoms with Crippen molar-refractivity contribution in [2.24, 2.45) is 22.2 Å². The smallest absolute Gasteiger partial charge is 0.335 e. The predicted molar refractivity (Wildman–Crippen MR) is 136 cm³/mol. The zero-order valence-electron chi connectivity index (χ0n) is 21.5. The van der Waals surface area contributed by atoms with E-state index in [1.54, 1.807) is 12.1 Å². The minimum Gasteiger partial charge on any atom is -0.478 e. The summed E-state index contributed by atoms with van der Waals surface area (Å²) in [6, 6.07) is 7.11. The van der Waals surface area contributed by atoms with E-state index in [1.807, 2.05) is 12.1 Å². The minimum absolute atomic E-state index is 0.0656. The van der Waals surface area contributed by atoms with E-state index >= 15 is 0 Å². The SMILES string of the molecule is CCCCC(c1ccc(C(=O)O)cc1)N1C(=O)C(CC2CCC2)=NC12CCC(C(C)(C)C)CC2. The van der Waals surface area contributed by atoms with E-state index in [1.165, 1.54) is 19.3 Å². The molecule has 0 bridgehead atoms. The Morgan fingerprint density at radius 1 is 1.15 bits per heavy atom. The lowest BCUT2D eigenvalue weighted by molar-refractivity contribution is -0.134. The predicted octanol–water partition coefficient (Wildman–Crippen LogP) is 7.02. The average Bonchev–Trinajstić information content (AvgIpc) is 3.02. The zero-order chi connectivity index (χ0) is 24.5. The zero-order valence-corrected chi connectivity index (χ0v) is 21.5. The Hall–Kier alpha value is -2.17. The Labute approximate surface area is 205 Å². The fourth-order valence-corrected chi connectivity index (χ4v) is 6.20. The molecule has 1 aliphatic heterocycles. The second kappa shape index (κ2) is 9.83. The summed E-state index contributed by atoms with van der Waals surface area (Å²) in [7, 11) is 0. The van der Waals surface area contributed by atoms with Crippen LogP contribution in [0.4, 0.5) is 0 Å². The van der Waals surface area contributed by atoms with E-state index in [0.29, 0.717) is 11.8 Å². The maximum absolute atomic E-state index is 14.0. The van der Waals surface area contributed by atoms with E-state index < -0.39 is 11.6 Å². The number of aromatic carboxylic acids is 1. The van der Waals surface area contributed by atoms with Crippen molar-refractivity contribution in [2.75, 3.05) is 0 Å². The summed E-state index contributed by atoms with van der Waals surface area (Å²) in [6.07, 6.45) is 11.5. The lowest BCUT2D eigenvalue weighted by Crippen LogP contribution is -2.51. The van der Waals surface area contributed by atoms with Crippen LogP contribution in [0.15, 0.2) is 29.3 Å². The van der Waals surface area contributed by atoms with Crippen LogP contribution in [0, 0.1) is 17.3 Å². The van der Waals surface area contributed by atoms with Gasteiger partial charge >= 0.3 is 5.97 Å². The van der Waals surface area contributed by atoms with Crippen LogP contribution in [-0.4, -0.2) is 33.3 Å². The molecule has 4 rings (SSSR count). The van der Waals surface area contributed by atoms with Gasteiger partial charge < -0.3 is 10.0 Å². The first-order chi connectivity index (χ1) is 16.1. The van der Waals surface area contributed by atoms with E-state index in [0.717, 1.165) is 62.6 Å². The highest BCUT2D eigenvalue weighted by atomic mass is 16.4. The van der Waals surface area contributed by atoms with Crippen molar-refractivity contribution in [3.8, 4) is 0 Å². The number of unbranched alkanes of at least 4 members (excludes halogenated alkanes) is 1. The van der Waals surface area contributed by atoms with E-state index in [2.05, 4.69) is 32.6 Å². The maximum atomic E-state index is 14.0. The molecule has 1 unspecified atom stereocenters. The first-order valence-electron chi connectivity index (χ1n) is 13.4. The minimum atomic E-state index is -0.919. The molecule has 1 N–H and O–H groups in total. The van der Waals surface area contributed by atoms with Gasteiger partial charge in [-0.1, -0.05) is 71.9 Å². The summed E-state index contributed by atoms with van der Waals surface area (Å²) >= 11 is 0. The van der Waals surface area contributed by atoms with Gasteiger partial charge in [0.15, 0.2) is 0 Å². The van der Waals surface area contributed by atoms with Gasteiger partial charge in [-0.2, -0.15) is 0 Å². The third-order valence-corrected chi connectivity index (χ3v) is 8.66. The molecule has 1 aromatic rings. The highest BCUT2D eigenvalue weighted by molar-refractivity contribution is 6.40. The molecule has 5 heteroatoms. The Morgan fingerprint density at radius 3 is 2.29 bits per heavy atom. The highest BCUT2D eigenvalue weighted by Gasteiger charge is 2.52. The molecule has 1 heterocycles. The van der Waals surface area contributed by atoms with Crippen molar-refractivity contribution in [1.82, 2.24) is 4.90 Å². The number of carbonyl (C=O) groups excluding carboxylic acids is 1. The standard InChI is InChI=1S/C29H42N2O3/c1-5-6-10-25(21-11-13-22(14-12-21)27(33)34)31-26(32)24(19-20-8-7-9-20)30-29(31)17-15-23(16-18-29)28(2,3)4/h11-14,20,23,25H,5-10,15-19H2,1-4H3,(H,33,34). The average molecular weight is 467 g/mol. The van der Waals surface area contributed by atoms with Gasteiger partial charge in [-0.3, -0.25) is 9.79 Å². The quantitative estimate of drug-likeness (QED) is 0.447. The summed E-state index contributed by atoms with van der Waals surface area (Å²) in [5.74, 6) is 0.459. The van der Waals surface area contributed by atoms with Crippen molar-refractivity contribution in [3.63, 3.8) is 0 Å². The Bertz CT molecular complexity index is 916. The fraction of sp³-hybridized carbons (Fsp3) is 0.690. The molecule has 186 valence electrons. The van der Waals surface area contributed by atoms with Crippen LogP contribution in [0.5, 0.6) is 0 Å². The summed E-state index contributed by atoms with van der Waals surface area (Å²) in [5.41, 5.74) is 1.93. The fourth-order valence-electron chi connectivity index (χ4n) is 6.20. The monoisotopic (exact) mass is 466 g/mol. The summed E-state index contributed by atoms with van der Waals surface area (Å²) in [6.45, 7) is 9.16. The lowest BCUT2D eigenvalue weighted by atomic mass is 9.69. The second-order valence-electron chi connectivity index (χ2n) is 11.9. The molecule has 1 aromatic carbocycles. The molecule has 0 saturated heterocycles. The third kappa shape index (κ3) is 4.94. The van der Waals surface area contributed by atoms with Gasteiger partial charge in [0.1, 0.15) is 11.4 Å². The molecule has 3 aliphatic rings. The molecular formula is C29H42N2O3. The Balaban J connectivity index is 1.68. The van der Waals surface area contributed by atoms with Crippen LogP contribution in [0.3, 0.4) is 0 Å². The first kappa shape index (κ1) is 24.9. The van der Waals surface area contributed by atoms with Crippen LogP contribution < -0.4 is 0 Å². The van der Waals surface area contributed by atoms with Gasteiger partial charge in [-0.25, -0.2) is 4.79 Å².